The van der Waals surface area contributed by atoms with Gasteiger partial charge < -0.3 is 10.6 Å². The number of carbonyl (C=O) groups is 2. The molecule has 0 radical (unpaired) electrons. The van der Waals surface area contributed by atoms with E-state index in [-0.39, 0.29) is 23.7 Å². The Bertz CT molecular complexity index is 825. The lowest BCUT2D eigenvalue weighted by atomic mass is 9.92. The minimum absolute atomic E-state index is 0.0435. The molecule has 1 aromatic carbocycles. The Kier molecular flexibility index (Phi) is 6.69. The Morgan fingerprint density at radius 2 is 2.03 bits per heavy atom. The number of carbonyl (C=O) groups excluding carboxylic acids is 2. The number of rotatable bonds is 7. The topological polar surface area (TPSA) is 90.1 Å². The summed E-state index contributed by atoms with van der Waals surface area (Å²) in [6.07, 6.45) is 1.01. The minimum Gasteiger partial charge on any atom is -0.353 e. The van der Waals surface area contributed by atoms with Gasteiger partial charge in [0.2, 0.25) is 11.8 Å². The summed E-state index contributed by atoms with van der Waals surface area (Å²) in [5.74, 6) is -0.209. The molecule has 7 heteroatoms. The number of amides is 2. The third-order valence-electron chi connectivity index (χ3n) is 5.23. The second-order valence-electron chi connectivity index (χ2n) is 8.59. The van der Waals surface area contributed by atoms with Crippen LogP contribution in [0.1, 0.15) is 44.1 Å². The summed E-state index contributed by atoms with van der Waals surface area (Å²) in [7, 11) is 0. The number of benzene rings is 1. The van der Waals surface area contributed by atoms with Gasteiger partial charge >= 0.3 is 0 Å². The predicted molar refractivity (Wildman–Crippen MR) is 112 cm³/mol. The molecule has 1 atom stereocenters. The van der Waals surface area contributed by atoms with E-state index < -0.39 is 6.04 Å². The van der Waals surface area contributed by atoms with Crippen LogP contribution in [0, 0.1) is 0 Å². The van der Waals surface area contributed by atoms with Crippen molar-refractivity contribution < 1.29 is 9.59 Å². The van der Waals surface area contributed by atoms with E-state index in [1.54, 1.807) is 0 Å². The molecule has 2 aromatic rings. The molecule has 0 saturated carbocycles. The van der Waals surface area contributed by atoms with Gasteiger partial charge in [-0.2, -0.15) is 5.10 Å². The van der Waals surface area contributed by atoms with Crippen LogP contribution >= 0.6 is 0 Å². The summed E-state index contributed by atoms with van der Waals surface area (Å²) in [5.41, 5.74) is 3.01. The second-order valence-corrected chi connectivity index (χ2v) is 8.59. The fourth-order valence-corrected chi connectivity index (χ4v) is 3.45. The van der Waals surface area contributed by atoms with Gasteiger partial charge in [-0.3, -0.25) is 19.6 Å². The number of nitrogens with zero attached hydrogens (tertiary/aromatic N) is 2. The van der Waals surface area contributed by atoms with Crippen LogP contribution in [0.5, 0.6) is 0 Å². The molecule has 2 amide bonds. The maximum absolute atomic E-state index is 12.5. The molecule has 1 aliphatic rings. The molecule has 1 saturated heterocycles. The van der Waals surface area contributed by atoms with Gasteiger partial charge in [0.05, 0.1) is 30.4 Å². The molecule has 2 heterocycles. The number of hydrogen-bond donors (Lipinski definition) is 3. The summed E-state index contributed by atoms with van der Waals surface area (Å²) in [6, 6.07) is 11.7. The number of hydrogen-bond acceptors (Lipinski definition) is 4. The second kappa shape index (κ2) is 9.22. The molecule has 7 nitrogen and oxygen atoms in total. The van der Waals surface area contributed by atoms with Gasteiger partial charge in [0, 0.05) is 25.0 Å². The first-order valence-electron chi connectivity index (χ1n) is 10.2. The summed E-state index contributed by atoms with van der Waals surface area (Å²) in [4.78, 5) is 27.0. The maximum Gasteiger partial charge on any atom is 0.237 e. The van der Waals surface area contributed by atoms with Crippen LogP contribution in [-0.2, 0) is 28.0 Å². The number of aromatic nitrogens is 2. The summed E-state index contributed by atoms with van der Waals surface area (Å²) in [5, 5.41) is 13.1. The van der Waals surface area contributed by atoms with Crippen molar-refractivity contribution in [3.05, 3.63) is 53.3 Å². The molecular formula is C22H31N5O2. The van der Waals surface area contributed by atoms with Crippen LogP contribution in [0.4, 0.5) is 0 Å². The molecule has 1 aliphatic heterocycles. The van der Waals surface area contributed by atoms with Crippen molar-refractivity contribution in [2.24, 2.45) is 0 Å². The van der Waals surface area contributed by atoms with Crippen molar-refractivity contribution in [2.75, 3.05) is 19.6 Å². The first-order chi connectivity index (χ1) is 13.8. The lowest BCUT2D eigenvalue weighted by Crippen LogP contribution is -2.56. The van der Waals surface area contributed by atoms with Gasteiger partial charge in [-0.1, -0.05) is 51.1 Å². The Morgan fingerprint density at radius 3 is 2.72 bits per heavy atom. The van der Waals surface area contributed by atoms with E-state index in [1.165, 1.54) is 5.56 Å². The van der Waals surface area contributed by atoms with Gasteiger partial charge in [0.25, 0.3) is 0 Å². The largest absolute Gasteiger partial charge is 0.353 e. The van der Waals surface area contributed by atoms with Crippen LogP contribution in [0.15, 0.2) is 36.4 Å². The molecule has 3 rings (SSSR count). The highest BCUT2D eigenvalue weighted by Crippen LogP contribution is 2.20. The highest BCUT2D eigenvalue weighted by molar-refractivity contribution is 5.88. The maximum atomic E-state index is 12.5. The van der Waals surface area contributed by atoms with E-state index in [4.69, 9.17) is 0 Å². The molecule has 1 unspecified atom stereocenters. The quantitative estimate of drug-likeness (QED) is 0.664. The zero-order valence-electron chi connectivity index (χ0n) is 17.5. The molecule has 1 fully saturated rings. The minimum atomic E-state index is -0.431. The number of H-pyrrole nitrogens is 1. The van der Waals surface area contributed by atoms with Crippen molar-refractivity contribution in [1.82, 2.24) is 25.7 Å². The van der Waals surface area contributed by atoms with E-state index >= 15 is 0 Å². The van der Waals surface area contributed by atoms with Crippen molar-refractivity contribution in [3.63, 3.8) is 0 Å². The SMILES string of the molecule is CC(C)(C)c1cc(CNC(=O)CC2C(=O)NCCN2CCc2ccccc2)[nH]n1. The standard InChI is InChI=1S/C22H31N5O2/c1-22(2,3)19-13-17(25-26-19)15-24-20(28)14-18-21(29)23-10-12-27(18)11-9-16-7-5-4-6-8-16/h4-8,13,18H,9-12,14-15H2,1-3H3,(H,23,29)(H,24,28)(H,25,26). The number of aromatic amines is 1. The Hall–Kier alpha value is -2.67. The molecule has 1 aromatic heterocycles. The normalized spacial score (nSPS) is 17.8. The van der Waals surface area contributed by atoms with E-state index in [0.717, 1.165) is 30.9 Å². The first-order valence-corrected chi connectivity index (χ1v) is 10.2. The highest BCUT2D eigenvalue weighted by Gasteiger charge is 2.31. The molecule has 29 heavy (non-hydrogen) atoms. The number of nitrogens with one attached hydrogen (secondary N) is 3. The number of piperazine rings is 1. The Labute approximate surface area is 172 Å². The summed E-state index contributed by atoms with van der Waals surface area (Å²) < 4.78 is 0. The van der Waals surface area contributed by atoms with E-state index in [0.29, 0.717) is 13.1 Å². The average Bonchev–Trinajstić information content (AvgIpc) is 3.17. The monoisotopic (exact) mass is 397 g/mol. The Morgan fingerprint density at radius 1 is 1.28 bits per heavy atom. The van der Waals surface area contributed by atoms with Crippen LogP contribution in [0.2, 0.25) is 0 Å². The van der Waals surface area contributed by atoms with Gasteiger partial charge in [-0.15, -0.1) is 0 Å². The first kappa shape index (κ1) is 21.0. The summed E-state index contributed by atoms with van der Waals surface area (Å²) >= 11 is 0. The fraction of sp³-hybridized carbons (Fsp3) is 0.500. The van der Waals surface area contributed by atoms with E-state index in [2.05, 4.69) is 58.6 Å². The highest BCUT2D eigenvalue weighted by atomic mass is 16.2. The van der Waals surface area contributed by atoms with Gasteiger partial charge in [-0.25, -0.2) is 0 Å². The van der Waals surface area contributed by atoms with Gasteiger partial charge in [0.1, 0.15) is 0 Å². The van der Waals surface area contributed by atoms with Crippen LogP contribution in [0.25, 0.3) is 0 Å². The van der Waals surface area contributed by atoms with Crippen molar-refractivity contribution >= 4 is 11.8 Å². The van der Waals surface area contributed by atoms with Crippen LogP contribution in [-0.4, -0.2) is 52.6 Å². The molecule has 0 bridgehead atoms. The zero-order valence-corrected chi connectivity index (χ0v) is 17.5. The Balaban J connectivity index is 1.53. The van der Waals surface area contributed by atoms with E-state index in [1.807, 2.05) is 24.3 Å². The van der Waals surface area contributed by atoms with Crippen molar-refractivity contribution in [2.45, 2.75) is 51.6 Å². The fourth-order valence-electron chi connectivity index (χ4n) is 3.45. The van der Waals surface area contributed by atoms with Crippen molar-refractivity contribution in [3.8, 4) is 0 Å². The molecule has 156 valence electrons. The predicted octanol–water partition coefficient (Wildman–Crippen LogP) is 1.76. The lowest BCUT2D eigenvalue weighted by molar-refractivity contribution is -0.134. The average molecular weight is 398 g/mol. The molecule has 3 N–H and O–H groups in total. The molecular weight excluding hydrogens is 366 g/mol. The van der Waals surface area contributed by atoms with Crippen LogP contribution < -0.4 is 10.6 Å². The lowest BCUT2D eigenvalue weighted by Gasteiger charge is -2.34. The summed E-state index contributed by atoms with van der Waals surface area (Å²) in [6.45, 7) is 8.79. The van der Waals surface area contributed by atoms with Gasteiger partial charge in [-0.05, 0) is 18.1 Å². The van der Waals surface area contributed by atoms with Gasteiger partial charge in [0.15, 0.2) is 0 Å². The molecule has 0 spiro atoms. The smallest absolute Gasteiger partial charge is 0.237 e. The molecule has 0 aliphatic carbocycles. The third-order valence-corrected chi connectivity index (χ3v) is 5.23. The zero-order chi connectivity index (χ0) is 20.9. The van der Waals surface area contributed by atoms with Crippen LogP contribution in [0.3, 0.4) is 0 Å². The third kappa shape index (κ3) is 5.90. The van der Waals surface area contributed by atoms with E-state index in [9.17, 15) is 9.59 Å². The van der Waals surface area contributed by atoms with Crippen molar-refractivity contribution in [1.29, 1.82) is 0 Å².